The van der Waals surface area contributed by atoms with E-state index >= 15 is 0 Å². The maximum atomic E-state index is 3.64. The van der Waals surface area contributed by atoms with Gasteiger partial charge in [-0.15, -0.1) is 0 Å². The molecule has 2 aliphatic carbocycles. The molecule has 19 heavy (non-hydrogen) atoms. The van der Waals surface area contributed by atoms with Crippen LogP contribution in [0.5, 0.6) is 0 Å². The molecule has 0 aromatic carbocycles. The van der Waals surface area contributed by atoms with Gasteiger partial charge in [-0.1, -0.05) is 58.8 Å². The fourth-order valence-electron chi connectivity index (χ4n) is 4.29. The topological polar surface area (TPSA) is 12.0 Å². The molecule has 0 aromatic rings. The molecular formula is C18H35N. The summed E-state index contributed by atoms with van der Waals surface area (Å²) in [6, 6.07) is 0. The third-order valence-electron chi connectivity index (χ3n) is 5.52. The summed E-state index contributed by atoms with van der Waals surface area (Å²) in [5.74, 6) is 2.26. The maximum absolute atomic E-state index is 3.64. The van der Waals surface area contributed by atoms with Crippen LogP contribution in [0, 0.1) is 17.3 Å². The van der Waals surface area contributed by atoms with Gasteiger partial charge in [-0.3, -0.25) is 0 Å². The van der Waals surface area contributed by atoms with Crippen molar-refractivity contribution < 1.29 is 0 Å². The Labute approximate surface area is 120 Å². The molecular weight excluding hydrogens is 230 g/mol. The fourth-order valence-corrected chi connectivity index (χ4v) is 4.29. The summed E-state index contributed by atoms with van der Waals surface area (Å²) in [5.41, 5.74) is 0.701. The zero-order chi connectivity index (χ0) is 13.6. The van der Waals surface area contributed by atoms with Gasteiger partial charge in [0.2, 0.25) is 0 Å². The molecule has 2 aliphatic rings. The van der Waals surface area contributed by atoms with Gasteiger partial charge < -0.3 is 5.32 Å². The van der Waals surface area contributed by atoms with Crippen molar-refractivity contribution in [3.05, 3.63) is 0 Å². The Kier molecular flexibility index (Phi) is 6.19. The maximum Gasteiger partial charge on any atom is 0.000790 e. The molecule has 0 amide bonds. The fraction of sp³-hybridized carbons (Fsp3) is 1.00. The van der Waals surface area contributed by atoms with E-state index in [-0.39, 0.29) is 0 Å². The van der Waals surface area contributed by atoms with Gasteiger partial charge in [-0.25, -0.2) is 0 Å². The third kappa shape index (κ3) is 4.77. The molecule has 2 rings (SSSR count). The Hall–Kier alpha value is -0.0400. The van der Waals surface area contributed by atoms with Crippen LogP contribution < -0.4 is 5.32 Å². The van der Waals surface area contributed by atoms with Crippen LogP contribution in [0.1, 0.15) is 84.5 Å². The van der Waals surface area contributed by atoms with Crippen molar-refractivity contribution in [2.75, 3.05) is 13.1 Å². The van der Waals surface area contributed by atoms with Crippen LogP contribution in [-0.2, 0) is 0 Å². The molecule has 0 saturated heterocycles. The van der Waals surface area contributed by atoms with Crippen LogP contribution in [0.25, 0.3) is 0 Å². The summed E-state index contributed by atoms with van der Waals surface area (Å²) in [6.07, 6.45) is 16.3. The van der Waals surface area contributed by atoms with Crippen LogP contribution in [-0.4, -0.2) is 13.1 Å². The molecule has 0 spiro atoms. The van der Waals surface area contributed by atoms with E-state index in [1.807, 2.05) is 0 Å². The molecule has 2 unspecified atom stereocenters. The molecule has 0 heterocycles. The molecule has 1 nitrogen and oxygen atoms in total. The predicted octanol–water partition coefficient (Wildman–Crippen LogP) is 5.15. The van der Waals surface area contributed by atoms with Crippen molar-refractivity contribution in [3.8, 4) is 0 Å². The van der Waals surface area contributed by atoms with Crippen LogP contribution in [0.3, 0.4) is 0 Å². The SMILES string of the molecule is CCCCCCCCCC1(CNCC)CC2CC2C1. The lowest BCUT2D eigenvalue weighted by atomic mass is 9.78. The molecule has 2 saturated carbocycles. The summed E-state index contributed by atoms with van der Waals surface area (Å²) in [7, 11) is 0. The van der Waals surface area contributed by atoms with E-state index in [2.05, 4.69) is 19.2 Å². The van der Waals surface area contributed by atoms with Gasteiger partial charge in [0.05, 0.1) is 0 Å². The summed E-state index contributed by atoms with van der Waals surface area (Å²) in [6.45, 7) is 6.99. The highest BCUT2D eigenvalue weighted by Gasteiger charge is 2.52. The van der Waals surface area contributed by atoms with Crippen LogP contribution in [0.2, 0.25) is 0 Å². The van der Waals surface area contributed by atoms with Gasteiger partial charge in [0, 0.05) is 6.54 Å². The molecule has 2 atom stereocenters. The first-order valence-corrected chi connectivity index (χ1v) is 9.00. The minimum absolute atomic E-state index is 0.701. The van der Waals surface area contributed by atoms with Crippen LogP contribution in [0.4, 0.5) is 0 Å². The lowest BCUT2D eigenvalue weighted by Gasteiger charge is -2.31. The number of fused-ring (bicyclic) bond motifs is 1. The molecule has 1 N–H and O–H groups in total. The Balaban J connectivity index is 1.58. The summed E-state index contributed by atoms with van der Waals surface area (Å²) < 4.78 is 0. The first-order valence-electron chi connectivity index (χ1n) is 9.00. The van der Waals surface area contributed by atoms with Gasteiger partial charge in [0.1, 0.15) is 0 Å². The zero-order valence-electron chi connectivity index (χ0n) is 13.3. The van der Waals surface area contributed by atoms with Gasteiger partial charge in [0.25, 0.3) is 0 Å². The first-order chi connectivity index (χ1) is 9.29. The molecule has 1 heteroatoms. The molecule has 0 aliphatic heterocycles. The number of hydrogen-bond acceptors (Lipinski definition) is 1. The Morgan fingerprint density at radius 2 is 1.53 bits per heavy atom. The second kappa shape index (κ2) is 7.67. The molecule has 0 radical (unpaired) electrons. The lowest BCUT2D eigenvalue weighted by molar-refractivity contribution is 0.223. The van der Waals surface area contributed by atoms with Gasteiger partial charge in [-0.2, -0.15) is 0 Å². The monoisotopic (exact) mass is 265 g/mol. The molecule has 0 bridgehead atoms. The molecule has 112 valence electrons. The number of rotatable bonds is 11. The van der Waals surface area contributed by atoms with Crippen molar-refractivity contribution in [3.63, 3.8) is 0 Å². The van der Waals surface area contributed by atoms with Crippen molar-refractivity contribution in [1.82, 2.24) is 5.32 Å². The highest BCUT2D eigenvalue weighted by molar-refractivity contribution is 5.03. The van der Waals surface area contributed by atoms with E-state index in [4.69, 9.17) is 0 Å². The summed E-state index contributed by atoms with van der Waals surface area (Å²) >= 11 is 0. The van der Waals surface area contributed by atoms with E-state index in [1.165, 1.54) is 57.9 Å². The standard InChI is InChI=1S/C18H35N/c1-3-5-6-7-8-9-10-11-18(15-19-4-2)13-16-12-17(16)14-18/h16-17,19H,3-15H2,1-2H3. The van der Waals surface area contributed by atoms with E-state index < -0.39 is 0 Å². The number of nitrogens with one attached hydrogen (secondary N) is 1. The normalized spacial score (nSPS) is 32.5. The van der Waals surface area contributed by atoms with Gasteiger partial charge in [0.15, 0.2) is 0 Å². The van der Waals surface area contributed by atoms with Gasteiger partial charge in [-0.05, 0) is 49.5 Å². The predicted molar refractivity (Wildman–Crippen MR) is 84.4 cm³/mol. The molecule has 2 fully saturated rings. The average Bonchev–Trinajstić information content (AvgIpc) is 3.04. The summed E-state index contributed by atoms with van der Waals surface area (Å²) in [4.78, 5) is 0. The van der Waals surface area contributed by atoms with Crippen molar-refractivity contribution in [1.29, 1.82) is 0 Å². The Morgan fingerprint density at radius 1 is 0.895 bits per heavy atom. The van der Waals surface area contributed by atoms with Gasteiger partial charge >= 0.3 is 0 Å². The Bertz CT molecular complexity index is 238. The summed E-state index contributed by atoms with van der Waals surface area (Å²) in [5, 5.41) is 3.64. The Morgan fingerprint density at radius 3 is 2.16 bits per heavy atom. The van der Waals surface area contributed by atoms with E-state index in [0.29, 0.717) is 5.41 Å². The third-order valence-corrected chi connectivity index (χ3v) is 5.52. The number of hydrogen-bond donors (Lipinski definition) is 1. The van der Waals surface area contributed by atoms with Crippen molar-refractivity contribution >= 4 is 0 Å². The highest BCUT2D eigenvalue weighted by Crippen LogP contribution is 2.61. The van der Waals surface area contributed by atoms with Crippen molar-refractivity contribution in [2.45, 2.75) is 84.5 Å². The first kappa shape index (κ1) is 15.4. The zero-order valence-corrected chi connectivity index (χ0v) is 13.3. The highest BCUT2D eigenvalue weighted by atomic mass is 14.9. The second-order valence-corrected chi connectivity index (χ2v) is 7.32. The smallest absolute Gasteiger partial charge is 0.000790 e. The largest absolute Gasteiger partial charge is 0.316 e. The van der Waals surface area contributed by atoms with E-state index in [1.54, 1.807) is 19.3 Å². The molecule has 0 aromatic heterocycles. The second-order valence-electron chi connectivity index (χ2n) is 7.32. The quantitative estimate of drug-likeness (QED) is 0.509. The van der Waals surface area contributed by atoms with Crippen molar-refractivity contribution in [2.24, 2.45) is 17.3 Å². The van der Waals surface area contributed by atoms with E-state index in [0.717, 1.165) is 18.4 Å². The lowest BCUT2D eigenvalue weighted by Crippen LogP contribution is -2.33. The number of unbranched alkanes of at least 4 members (excludes halogenated alkanes) is 6. The van der Waals surface area contributed by atoms with E-state index in [9.17, 15) is 0 Å². The minimum Gasteiger partial charge on any atom is -0.316 e. The van der Waals surface area contributed by atoms with Crippen LogP contribution in [0.15, 0.2) is 0 Å². The van der Waals surface area contributed by atoms with Crippen LogP contribution >= 0.6 is 0 Å². The average molecular weight is 265 g/mol. The minimum atomic E-state index is 0.701.